The molecule has 0 fully saturated rings. The van der Waals surface area contributed by atoms with E-state index in [9.17, 15) is 17.6 Å². The van der Waals surface area contributed by atoms with Crippen LogP contribution in [-0.2, 0) is 12.7 Å². The molecule has 0 N–H and O–H groups in total. The highest BCUT2D eigenvalue weighted by Crippen LogP contribution is 2.36. The van der Waals surface area contributed by atoms with Crippen LogP contribution in [0.25, 0.3) is 11.4 Å². The van der Waals surface area contributed by atoms with Crippen molar-refractivity contribution in [3.63, 3.8) is 0 Å². The van der Waals surface area contributed by atoms with Crippen molar-refractivity contribution >= 4 is 11.6 Å². The van der Waals surface area contributed by atoms with E-state index in [-0.39, 0.29) is 28.5 Å². The molecule has 1 aromatic heterocycles. The Balaban J connectivity index is 2.07. The number of nitrogens with zero attached hydrogens (tertiary/aromatic N) is 4. The van der Waals surface area contributed by atoms with Gasteiger partial charge in [-0.05, 0) is 28.6 Å². The number of benzene rings is 2. The Kier molecular flexibility index (Phi) is 4.23. The molecule has 0 bridgehead atoms. The van der Waals surface area contributed by atoms with E-state index in [0.29, 0.717) is 0 Å². The number of alkyl halides is 3. The molecule has 0 atom stereocenters. The van der Waals surface area contributed by atoms with Crippen molar-refractivity contribution in [3.05, 3.63) is 64.4 Å². The first kappa shape index (κ1) is 16.4. The van der Waals surface area contributed by atoms with E-state index in [1.165, 1.54) is 36.4 Å². The van der Waals surface area contributed by atoms with Crippen LogP contribution in [0, 0.1) is 5.82 Å². The standard InChI is InChI=1S/C15H9ClF4N4/c16-12-6-3-7-13(17)10(12)8-24-14(21-22-23-24)9-4-1-2-5-11(9)15(18,19)20/h1-7H,8H2. The van der Waals surface area contributed by atoms with Gasteiger partial charge in [0, 0.05) is 16.1 Å². The van der Waals surface area contributed by atoms with Crippen LogP contribution >= 0.6 is 11.6 Å². The van der Waals surface area contributed by atoms with Gasteiger partial charge in [0.2, 0.25) is 0 Å². The Labute approximate surface area is 138 Å². The molecule has 0 aliphatic carbocycles. The first-order valence-corrected chi connectivity index (χ1v) is 7.11. The second-order valence-electron chi connectivity index (χ2n) is 4.90. The molecule has 0 aliphatic rings. The minimum absolute atomic E-state index is 0.0946. The zero-order valence-electron chi connectivity index (χ0n) is 11.9. The lowest BCUT2D eigenvalue weighted by molar-refractivity contribution is -0.137. The minimum Gasteiger partial charge on any atom is -0.221 e. The molecule has 0 unspecified atom stereocenters. The first-order valence-electron chi connectivity index (χ1n) is 6.73. The molecule has 2 aromatic carbocycles. The van der Waals surface area contributed by atoms with Crippen LogP contribution in [0.5, 0.6) is 0 Å². The van der Waals surface area contributed by atoms with Gasteiger partial charge < -0.3 is 0 Å². The lowest BCUT2D eigenvalue weighted by Crippen LogP contribution is -2.11. The lowest BCUT2D eigenvalue weighted by Gasteiger charge is -2.13. The lowest BCUT2D eigenvalue weighted by atomic mass is 10.1. The van der Waals surface area contributed by atoms with Gasteiger partial charge in [0.25, 0.3) is 0 Å². The van der Waals surface area contributed by atoms with E-state index in [4.69, 9.17) is 11.6 Å². The van der Waals surface area contributed by atoms with Crippen molar-refractivity contribution in [2.75, 3.05) is 0 Å². The topological polar surface area (TPSA) is 43.6 Å². The fourth-order valence-electron chi connectivity index (χ4n) is 2.26. The van der Waals surface area contributed by atoms with E-state index >= 15 is 0 Å². The quantitative estimate of drug-likeness (QED) is 0.661. The van der Waals surface area contributed by atoms with Gasteiger partial charge in [0.15, 0.2) is 5.82 Å². The predicted octanol–water partition coefficient (Wildman–Crippen LogP) is 4.20. The van der Waals surface area contributed by atoms with Crippen molar-refractivity contribution in [1.29, 1.82) is 0 Å². The van der Waals surface area contributed by atoms with E-state index in [1.54, 1.807) is 0 Å². The van der Waals surface area contributed by atoms with Gasteiger partial charge in [-0.3, -0.25) is 0 Å². The molecule has 0 saturated carbocycles. The summed E-state index contributed by atoms with van der Waals surface area (Å²) in [4.78, 5) is 0. The van der Waals surface area contributed by atoms with Crippen LogP contribution in [0.15, 0.2) is 42.5 Å². The Hall–Kier alpha value is -2.48. The van der Waals surface area contributed by atoms with E-state index in [0.717, 1.165) is 10.7 Å². The van der Waals surface area contributed by atoms with Crippen molar-refractivity contribution in [2.24, 2.45) is 0 Å². The van der Waals surface area contributed by atoms with Gasteiger partial charge in [-0.2, -0.15) is 13.2 Å². The Morgan fingerprint density at radius 1 is 1.04 bits per heavy atom. The summed E-state index contributed by atoms with van der Waals surface area (Å²) in [6.07, 6.45) is -4.57. The number of hydrogen-bond acceptors (Lipinski definition) is 3. The van der Waals surface area contributed by atoms with Crippen LogP contribution in [-0.4, -0.2) is 20.2 Å². The summed E-state index contributed by atoms with van der Waals surface area (Å²) in [5.41, 5.74) is -0.972. The Bertz CT molecular complexity index is 856. The van der Waals surface area contributed by atoms with E-state index in [2.05, 4.69) is 15.5 Å². The van der Waals surface area contributed by atoms with Crippen molar-refractivity contribution in [3.8, 4) is 11.4 Å². The van der Waals surface area contributed by atoms with Crippen LogP contribution in [0.2, 0.25) is 5.02 Å². The molecule has 1 heterocycles. The minimum atomic E-state index is -4.57. The number of hydrogen-bond donors (Lipinski definition) is 0. The summed E-state index contributed by atoms with van der Waals surface area (Å²) in [6, 6.07) is 9.02. The largest absolute Gasteiger partial charge is 0.417 e. The average Bonchev–Trinajstić information content (AvgIpc) is 2.98. The molecule has 4 nitrogen and oxygen atoms in total. The maximum Gasteiger partial charge on any atom is 0.417 e. The monoisotopic (exact) mass is 356 g/mol. The van der Waals surface area contributed by atoms with Crippen LogP contribution in [0.3, 0.4) is 0 Å². The maximum absolute atomic E-state index is 13.9. The molecule has 24 heavy (non-hydrogen) atoms. The summed E-state index contributed by atoms with van der Waals surface area (Å²) in [5, 5.41) is 10.9. The highest BCUT2D eigenvalue weighted by molar-refractivity contribution is 6.31. The van der Waals surface area contributed by atoms with Gasteiger partial charge in [0.1, 0.15) is 5.82 Å². The zero-order valence-corrected chi connectivity index (χ0v) is 12.7. The predicted molar refractivity (Wildman–Crippen MR) is 78.8 cm³/mol. The molecule has 0 radical (unpaired) electrons. The summed E-state index contributed by atoms with van der Waals surface area (Å²) in [5.74, 6) is -0.713. The molecule has 3 rings (SSSR count). The second kappa shape index (κ2) is 6.20. The first-order chi connectivity index (χ1) is 11.4. The normalized spacial score (nSPS) is 11.7. The highest BCUT2D eigenvalue weighted by atomic mass is 35.5. The molecule has 0 amide bonds. The van der Waals surface area contributed by atoms with Gasteiger partial charge in [-0.15, -0.1) is 5.10 Å². The highest BCUT2D eigenvalue weighted by Gasteiger charge is 2.34. The summed E-state index contributed by atoms with van der Waals surface area (Å²) < 4.78 is 54.5. The summed E-state index contributed by atoms with van der Waals surface area (Å²) >= 11 is 5.95. The molecule has 0 aliphatic heterocycles. The molecule has 0 saturated heterocycles. The second-order valence-corrected chi connectivity index (χ2v) is 5.31. The maximum atomic E-state index is 13.9. The third kappa shape index (κ3) is 3.09. The van der Waals surface area contributed by atoms with E-state index < -0.39 is 17.6 Å². The van der Waals surface area contributed by atoms with Crippen LogP contribution in [0.1, 0.15) is 11.1 Å². The van der Waals surface area contributed by atoms with Crippen LogP contribution < -0.4 is 0 Å². The van der Waals surface area contributed by atoms with E-state index in [1.807, 2.05) is 0 Å². The summed E-state index contributed by atoms with van der Waals surface area (Å²) in [6.45, 7) is -0.194. The van der Waals surface area contributed by atoms with Crippen molar-refractivity contribution in [2.45, 2.75) is 12.7 Å². The number of rotatable bonds is 3. The van der Waals surface area contributed by atoms with Gasteiger partial charge in [-0.1, -0.05) is 35.9 Å². The Morgan fingerprint density at radius 2 is 1.79 bits per heavy atom. The molecule has 3 aromatic rings. The zero-order chi connectivity index (χ0) is 17.3. The van der Waals surface area contributed by atoms with Crippen molar-refractivity contribution < 1.29 is 17.6 Å². The Morgan fingerprint density at radius 3 is 2.50 bits per heavy atom. The molecule has 9 heteroatoms. The van der Waals surface area contributed by atoms with Gasteiger partial charge in [-0.25, -0.2) is 9.07 Å². The number of aromatic nitrogens is 4. The molecule has 124 valence electrons. The van der Waals surface area contributed by atoms with Gasteiger partial charge in [0.05, 0.1) is 12.1 Å². The SMILES string of the molecule is Fc1cccc(Cl)c1Cn1nnnc1-c1ccccc1C(F)(F)F. The third-order valence-corrected chi connectivity index (χ3v) is 3.73. The fourth-order valence-corrected chi connectivity index (χ4v) is 2.49. The third-order valence-electron chi connectivity index (χ3n) is 3.37. The van der Waals surface area contributed by atoms with Gasteiger partial charge >= 0.3 is 6.18 Å². The average molecular weight is 357 g/mol. The molecular formula is C15H9ClF4N4. The fraction of sp³-hybridized carbons (Fsp3) is 0.133. The van der Waals surface area contributed by atoms with Crippen molar-refractivity contribution in [1.82, 2.24) is 20.2 Å². The summed E-state index contributed by atoms with van der Waals surface area (Å²) in [7, 11) is 0. The van der Waals surface area contributed by atoms with Crippen LogP contribution in [0.4, 0.5) is 17.6 Å². The number of tetrazole rings is 1. The number of halogens is 5. The molecular weight excluding hydrogens is 348 g/mol. The smallest absolute Gasteiger partial charge is 0.221 e. The molecule has 0 spiro atoms.